The molecule has 2 heteroatoms. The zero-order chi connectivity index (χ0) is 11.6. The van der Waals surface area contributed by atoms with Gasteiger partial charge in [0.25, 0.3) is 0 Å². The van der Waals surface area contributed by atoms with Gasteiger partial charge in [0.1, 0.15) is 5.78 Å². The van der Waals surface area contributed by atoms with Crippen molar-refractivity contribution in [1.29, 1.82) is 0 Å². The first kappa shape index (κ1) is 11.7. The van der Waals surface area contributed by atoms with E-state index in [1.54, 1.807) is 0 Å². The quantitative estimate of drug-likeness (QED) is 0.755. The van der Waals surface area contributed by atoms with Gasteiger partial charge in [-0.15, -0.1) is 0 Å². The molecule has 1 aromatic carbocycles. The average molecular weight is 237 g/mol. The van der Waals surface area contributed by atoms with Crippen LogP contribution >= 0.6 is 11.6 Å². The molecule has 1 aliphatic carbocycles. The summed E-state index contributed by atoms with van der Waals surface area (Å²) in [6.07, 6.45) is 4.68. The summed E-state index contributed by atoms with van der Waals surface area (Å²) in [7, 11) is 0. The van der Waals surface area contributed by atoms with Gasteiger partial charge >= 0.3 is 0 Å². The number of halogens is 1. The number of ketones is 1. The van der Waals surface area contributed by atoms with Gasteiger partial charge in [0.05, 0.1) is 5.41 Å². The molecule has 0 amide bonds. The summed E-state index contributed by atoms with van der Waals surface area (Å²) < 4.78 is 0. The Morgan fingerprint density at radius 3 is 2.69 bits per heavy atom. The third kappa shape index (κ3) is 1.78. The molecule has 1 saturated carbocycles. The molecule has 0 N–H and O–H groups in total. The molecule has 0 aliphatic heterocycles. The van der Waals surface area contributed by atoms with Crippen LogP contribution in [0, 0.1) is 0 Å². The summed E-state index contributed by atoms with van der Waals surface area (Å²) >= 11 is 6.24. The number of carbonyl (C=O) groups is 1. The second-order valence-electron chi connectivity index (χ2n) is 4.55. The molecule has 0 unspecified atom stereocenters. The third-order valence-electron chi connectivity index (χ3n) is 3.78. The molecule has 0 heterocycles. The standard InChI is InChI=1S/C14H17ClO/c1-2-14(10-6-5-9-13(14)16)11-7-3-4-8-12(11)15/h3-4,7-8H,2,5-6,9-10H2,1H3/t14-/m0/s1. The molecular formula is C14H17ClO. The number of benzene rings is 1. The number of hydrogen-bond donors (Lipinski definition) is 0. The summed E-state index contributed by atoms with van der Waals surface area (Å²) in [5.74, 6) is 0.370. The summed E-state index contributed by atoms with van der Waals surface area (Å²) in [4.78, 5) is 12.2. The van der Waals surface area contributed by atoms with Crippen LogP contribution in [-0.4, -0.2) is 5.78 Å². The van der Waals surface area contributed by atoms with Crippen molar-refractivity contribution in [3.05, 3.63) is 34.9 Å². The van der Waals surface area contributed by atoms with Gasteiger partial charge in [0.15, 0.2) is 0 Å². The van der Waals surface area contributed by atoms with Crippen molar-refractivity contribution in [2.24, 2.45) is 0 Å². The molecule has 0 saturated heterocycles. The highest BCUT2D eigenvalue weighted by Crippen LogP contribution is 2.42. The monoisotopic (exact) mass is 236 g/mol. The van der Waals surface area contributed by atoms with Crippen LogP contribution in [0.15, 0.2) is 24.3 Å². The van der Waals surface area contributed by atoms with Crippen molar-refractivity contribution in [2.45, 2.75) is 44.4 Å². The Morgan fingerprint density at radius 1 is 1.31 bits per heavy atom. The first-order chi connectivity index (χ1) is 7.70. The molecular weight excluding hydrogens is 220 g/mol. The molecule has 0 spiro atoms. The molecule has 1 fully saturated rings. The summed E-state index contributed by atoms with van der Waals surface area (Å²) in [6, 6.07) is 7.79. The molecule has 1 atom stereocenters. The van der Waals surface area contributed by atoms with E-state index in [1.807, 2.05) is 24.3 Å². The first-order valence-corrected chi connectivity index (χ1v) is 6.37. The maximum absolute atomic E-state index is 12.2. The molecule has 0 aromatic heterocycles. The van der Waals surface area contributed by atoms with Crippen molar-refractivity contribution in [1.82, 2.24) is 0 Å². The van der Waals surface area contributed by atoms with Gasteiger partial charge in [-0.2, -0.15) is 0 Å². The molecule has 1 aromatic rings. The molecule has 1 nitrogen and oxygen atoms in total. The predicted molar refractivity (Wildman–Crippen MR) is 66.9 cm³/mol. The van der Waals surface area contributed by atoms with Crippen LogP contribution in [0.3, 0.4) is 0 Å². The minimum Gasteiger partial charge on any atom is -0.299 e. The Morgan fingerprint density at radius 2 is 2.06 bits per heavy atom. The Balaban J connectivity index is 2.48. The van der Waals surface area contributed by atoms with Gasteiger partial charge in [-0.3, -0.25) is 4.79 Å². The van der Waals surface area contributed by atoms with Gasteiger partial charge < -0.3 is 0 Å². The Labute approximate surface area is 102 Å². The highest BCUT2D eigenvalue weighted by molar-refractivity contribution is 6.31. The lowest BCUT2D eigenvalue weighted by Gasteiger charge is -2.36. The Bertz CT molecular complexity index is 399. The van der Waals surface area contributed by atoms with E-state index in [4.69, 9.17) is 11.6 Å². The fourth-order valence-electron chi connectivity index (χ4n) is 2.79. The highest BCUT2D eigenvalue weighted by atomic mass is 35.5. The third-order valence-corrected chi connectivity index (χ3v) is 4.11. The average Bonchev–Trinajstić information content (AvgIpc) is 2.31. The summed E-state index contributed by atoms with van der Waals surface area (Å²) in [6.45, 7) is 2.09. The zero-order valence-corrected chi connectivity index (χ0v) is 10.4. The van der Waals surface area contributed by atoms with E-state index in [0.717, 1.165) is 36.3 Å². The summed E-state index contributed by atoms with van der Waals surface area (Å²) in [5, 5.41) is 0.736. The lowest BCUT2D eigenvalue weighted by Crippen LogP contribution is -2.38. The molecule has 16 heavy (non-hydrogen) atoms. The second kappa shape index (κ2) is 4.58. The minimum absolute atomic E-state index is 0.309. The topological polar surface area (TPSA) is 17.1 Å². The SMILES string of the molecule is CC[C@@]1(c2ccccc2Cl)CCCCC1=O. The largest absolute Gasteiger partial charge is 0.299 e. The van der Waals surface area contributed by atoms with E-state index in [-0.39, 0.29) is 5.41 Å². The molecule has 1 aliphatic rings. The first-order valence-electron chi connectivity index (χ1n) is 5.99. The van der Waals surface area contributed by atoms with E-state index in [9.17, 15) is 4.79 Å². The lowest BCUT2D eigenvalue weighted by molar-refractivity contribution is -0.126. The Kier molecular flexibility index (Phi) is 3.34. The van der Waals surface area contributed by atoms with Crippen LogP contribution in [-0.2, 0) is 10.2 Å². The maximum atomic E-state index is 12.2. The van der Waals surface area contributed by atoms with Crippen LogP contribution in [0.4, 0.5) is 0 Å². The van der Waals surface area contributed by atoms with Crippen molar-refractivity contribution >= 4 is 17.4 Å². The van der Waals surface area contributed by atoms with Crippen LogP contribution in [0.25, 0.3) is 0 Å². The van der Waals surface area contributed by atoms with E-state index in [1.165, 1.54) is 0 Å². The number of Topliss-reactive ketones (excluding diaryl/α,β-unsaturated/α-hetero) is 1. The van der Waals surface area contributed by atoms with Crippen molar-refractivity contribution in [3.8, 4) is 0 Å². The van der Waals surface area contributed by atoms with Gasteiger partial charge in [-0.1, -0.05) is 43.1 Å². The van der Waals surface area contributed by atoms with Crippen molar-refractivity contribution in [2.75, 3.05) is 0 Å². The van der Waals surface area contributed by atoms with Crippen molar-refractivity contribution in [3.63, 3.8) is 0 Å². The van der Waals surface area contributed by atoms with Crippen LogP contribution in [0.1, 0.15) is 44.6 Å². The van der Waals surface area contributed by atoms with E-state index in [0.29, 0.717) is 12.2 Å². The fourth-order valence-corrected chi connectivity index (χ4v) is 3.11. The molecule has 86 valence electrons. The van der Waals surface area contributed by atoms with Crippen LogP contribution in [0.5, 0.6) is 0 Å². The highest BCUT2D eigenvalue weighted by Gasteiger charge is 2.40. The van der Waals surface area contributed by atoms with Gasteiger partial charge in [-0.05, 0) is 30.9 Å². The number of hydrogen-bond acceptors (Lipinski definition) is 1. The lowest BCUT2D eigenvalue weighted by atomic mass is 9.67. The van der Waals surface area contributed by atoms with Gasteiger partial charge in [0.2, 0.25) is 0 Å². The van der Waals surface area contributed by atoms with E-state index in [2.05, 4.69) is 6.92 Å². The fraction of sp³-hybridized carbons (Fsp3) is 0.500. The number of rotatable bonds is 2. The Hall–Kier alpha value is -0.820. The predicted octanol–water partition coefficient (Wildman–Crippen LogP) is 4.13. The van der Waals surface area contributed by atoms with Crippen LogP contribution < -0.4 is 0 Å². The second-order valence-corrected chi connectivity index (χ2v) is 4.95. The van der Waals surface area contributed by atoms with Crippen LogP contribution in [0.2, 0.25) is 5.02 Å². The maximum Gasteiger partial charge on any atom is 0.143 e. The van der Waals surface area contributed by atoms with E-state index < -0.39 is 0 Å². The molecule has 2 rings (SSSR count). The smallest absolute Gasteiger partial charge is 0.143 e. The van der Waals surface area contributed by atoms with Gasteiger partial charge in [-0.25, -0.2) is 0 Å². The molecule has 0 radical (unpaired) electrons. The number of carbonyl (C=O) groups excluding carboxylic acids is 1. The summed E-state index contributed by atoms with van der Waals surface area (Å²) in [5.41, 5.74) is 0.722. The van der Waals surface area contributed by atoms with Gasteiger partial charge in [0, 0.05) is 11.4 Å². The van der Waals surface area contributed by atoms with Crippen molar-refractivity contribution < 1.29 is 4.79 Å². The molecule has 0 bridgehead atoms. The zero-order valence-electron chi connectivity index (χ0n) is 9.63. The normalized spacial score (nSPS) is 25.8. The minimum atomic E-state index is -0.309. The van der Waals surface area contributed by atoms with E-state index >= 15 is 0 Å².